The number of anilines is 1. The van der Waals surface area contributed by atoms with Crippen molar-refractivity contribution in [3.05, 3.63) is 24.3 Å². The highest BCUT2D eigenvalue weighted by Crippen LogP contribution is 2.25. The molecule has 0 bridgehead atoms. The van der Waals surface area contributed by atoms with Crippen molar-refractivity contribution in [2.75, 3.05) is 31.4 Å². The molecule has 0 aliphatic carbocycles. The summed E-state index contributed by atoms with van der Waals surface area (Å²) in [5.74, 6) is -0.187. The molecule has 0 spiro atoms. The molecule has 0 unspecified atom stereocenters. The van der Waals surface area contributed by atoms with E-state index in [2.05, 4.69) is 4.74 Å². The summed E-state index contributed by atoms with van der Waals surface area (Å²) < 4.78 is 28.7. The lowest BCUT2D eigenvalue weighted by molar-refractivity contribution is -0.140. The number of hydrogen-bond donors (Lipinski definition) is 0. The van der Waals surface area contributed by atoms with Gasteiger partial charge in [0, 0.05) is 20.0 Å². The number of rotatable bonds is 7. The van der Waals surface area contributed by atoms with Gasteiger partial charge in [0.25, 0.3) is 0 Å². The quantitative estimate of drug-likeness (QED) is 0.719. The van der Waals surface area contributed by atoms with Crippen molar-refractivity contribution in [2.24, 2.45) is 0 Å². The molecular weight excluding hydrogens is 278 g/mol. The molecule has 0 atom stereocenters. The Kier molecular flexibility index (Phi) is 6.01. The maximum atomic E-state index is 12.1. The van der Waals surface area contributed by atoms with Crippen LogP contribution >= 0.6 is 0 Å². The minimum absolute atomic E-state index is 0.0695. The monoisotopic (exact) mass is 299 g/mol. The molecule has 0 aliphatic heterocycles. The Morgan fingerprint density at radius 3 is 2.55 bits per heavy atom. The highest BCUT2D eigenvalue weighted by molar-refractivity contribution is 7.91. The van der Waals surface area contributed by atoms with Crippen LogP contribution in [0.4, 0.5) is 5.69 Å². The van der Waals surface area contributed by atoms with E-state index in [0.29, 0.717) is 30.0 Å². The molecule has 0 radical (unpaired) electrons. The summed E-state index contributed by atoms with van der Waals surface area (Å²) in [7, 11) is -0.0761. The molecule has 1 rings (SSSR count). The van der Waals surface area contributed by atoms with Gasteiger partial charge >= 0.3 is 5.97 Å². The first-order valence-corrected chi connectivity index (χ1v) is 8.17. The summed E-state index contributed by atoms with van der Waals surface area (Å²) in [4.78, 5) is 13.3. The van der Waals surface area contributed by atoms with E-state index in [1.165, 1.54) is 7.11 Å². The molecule has 0 saturated carbocycles. The second-order valence-corrected chi connectivity index (χ2v) is 6.72. The second kappa shape index (κ2) is 7.28. The zero-order valence-corrected chi connectivity index (χ0v) is 12.9. The van der Waals surface area contributed by atoms with Crippen LogP contribution in [-0.4, -0.2) is 40.8 Å². The maximum absolute atomic E-state index is 12.1. The topological polar surface area (TPSA) is 63.7 Å². The molecule has 0 aliphatic rings. The fourth-order valence-electron chi connectivity index (χ4n) is 1.87. The average molecular weight is 299 g/mol. The first-order valence-electron chi connectivity index (χ1n) is 6.52. The van der Waals surface area contributed by atoms with Gasteiger partial charge in [-0.3, -0.25) is 4.79 Å². The number of methoxy groups -OCH3 is 1. The molecule has 5 nitrogen and oxygen atoms in total. The summed E-state index contributed by atoms with van der Waals surface area (Å²) in [5.41, 5.74) is 0.666. The number of carbonyl (C=O) groups is 1. The molecular formula is C14H21NO4S. The molecule has 0 aromatic heterocycles. The molecule has 1 aromatic rings. The summed E-state index contributed by atoms with van der Waals surface area (Å²) in [5, 5.41) is 0. The Hall–Kier alpha value is -1.56. The van der Waals surface area contributed by atoms with E-state index in [9.17, 15) is 13.2 Å². The van der Waals surface area contributed by atoms with Gasteiger partial charge in [0.05, 0.1) is 23.4 Å². The third-order valence-corrected chi connectivity index (χ3v) is 4.87. The van der Waals surface area contributed by atoms with E-state index in [1.807, 2.05) is 11.9 Å². The lowest BCUT2D eigenvalue weighted by Gasteiger charge is -2.22. The molecule has 20 heavy (non-hydrogen) atoms. The van der Waals surface area contributed by atoms with Gasteiger partial charge in [-0.15, -0.1) is 0 Å². The summed E-state index contributed by atoms with van der Waals surface area (Å²) in [6.45, 7) is 2.22. The van der Waals surface area contributed by atoms with Crippen LogP contribution in [0.15, 0.2) is 29.2 Å². The third-order valence-electron chi connectivity index (χ3n) is 3.09. The largest absolute Gasteiger partial charge is 0.469 e. The normalized spacial score (nSPS) is 11.2. The minimum Gasteiger partial charge on any atom is -0.469 e. The van der Waals surface area contributed by atoms with Crippen molar-refractivity contribution in [3.63, 3.8) is 0 Å². The van der Waals surface area contributed by atoms with Crippen molar-refractivity contribution in [2.45, 2.75) is 24.7 Å². The standard InChI is InChI=1S/C14H21NO4S/c1-4-20(17,18)13-9-6-5-8-12(13)15(2)11-7-10-14(16)19-3/h5-6,8-9H,4,7,10-11H2,1-3H3. The molecule has 0 fully saturated rings. The van der Waals surface area contributed by atoms with Crippen LogP contribution in [-0.2, 0) is 19.4 Å². The predicted molar refractivity (Wildman–Crippen MR) is 78.7 cm³/mol. The number of ether oxygens (including phenoxy) is 1. The molecule has 0 N–H and O–H groups in total. The Labute approximate surface area is 120 Å². The van der Waals surface area contributed by atoms with E-state index in [0.717, 1.165) is 0 Å². The van der Waals surface area contributed by atoms with Gasteiger partial charge in [-0.25, -0.2) is 8.42 Å². The van der Waals surface area contributed by atoms with Gasteiger partial charge in [-0.1, -0.05) is 19.1 Å². The van der Waals surface area contributed by atoms with Crippen LogP contribution in [0.5, 0.6) is 0 Å². The van der Waals surface area contributed by atoms with Gasteiger partial charge in [0.15, 0.2) is 9.84 Å². The van der Waals surface area contributed by atoms with Crippen LogP contribution in [0, 0.1) is 0 Å². The Bertz CT molecular complexity index is 554. The van der Waals surface area contributed by atoms with Crippen LogP contribution in [0.2, 0.25) is 0 Å². The van der Waals surface area contributed by atoms with Gasteiger partial charge in [0.2, 0.25) is 0 Å². The van der Waals surface area contributed by atoms with E-state index < -0.39 is 9.84 Å². The van der Waals surface area contributed by atoms with Gasteiger partial charge in [-0.2, -0.15) is 0 Å². The third kappa shape index (κ3) is 4.23. The number of sulfone groups is 1. The fourth-order valence-corrected chi connectivity index (χ4v) is 3.01. The average Bonchev–Trinajstić information content (AvgIpc) is 2.46. The van der Waals surface area contributed by atoms with Gasteiger partial charge < -0.3 is 9.64 Å². The molecule has 0 heterocycles. The van der Waals surface area contributed by atoms with Crippen LogP contribution in [0.1, 0.15) is 19.8 Å². The van der Waals surface area contributed by atoms with Gasteiger partial charge in [-0.05, 0) is 18.6 Å². The zero-order valence-electron chi connectivity index (χ0n) is 12.1. The van der Waals surface area contributed by atoms with Crippen molar-refractivity contribution < 1.29 is 17.9 Å². The number of esters is 1. The van der Waals surface area contributed by atoms with Crippen molar-refractivity contribution in [3.8, 4) is 0 Å². The SMILES string of the molecule is CCS(=O)(=O)c1ccccc1N(C)CCCC(=O)OC. The summed E-state index contributed by atoms with van der Waals surface area (Å²) >= 11 is 0. The first-order chi connectivity index (χ1) is 9.42. The van der Waals surface area contributed by atoms with Crippen molar-refractivity contribution in [1.29, 1.82) is 0 Å². The van der Waals surface area contributed by atoms with E-state index >= 15 is 0 Å². The number of para-hydroxylation sites is 1. The number of carbonyl (C=O) groups excluding carboxylic acids is 1. The first kappa shape index (κ1) is 16.5. The van der Waals surface area contributed by atoms with Crippen molar-refractivity contribution >= 4 is 21.5 Å². The number of nitrogens with zero attached hydrogens (tertiary/aromatic N) is 1. The highest BCUT2D eigenvalue weighted by atomic mass is 32.2. The van der Waals surface area contributed by atoms with Crippen molar-refractivity contribution in [1.82, 2.24) is 0 Å². The van der Waals surface area contributed by atoms with E-state index in [-0.39, 0.29) is 11.7 Å². The van der Waals surface area contributed by atoms with E-state index in [1.54, 1.807) is 31.2 Å². The van der Waals surface area contributed by atoms with Crippen LogP contribution in [0.3, 0.4) is 0 Å². The van der Waals surface area contributed by atoms with Crippen LogP contribution < -0.4 is 4.90 Å². The lowest BCUT2D eigenvalue weighted by Crippen LogP contribution is -2.22. The Morgan fingerprint density at radius 1 is 1.30 bits per heavy atom. The Morgan fingerprint density at radius 2 is 1.95 bits per heavy atom. The summed E-state index contributed by atoms with van der Waals surface area (Å²) in [6.07, 6.45) is 0.938. The predicted octanol–water partition coefficient (Wildman–Crippen LogP) is 1.87. The lowest BCUT2D eigenvalue weighted by atomic mass is 10.2. The molecule has 0 saturated heterocycles. The van der Waals surface area contributed by atoms with E-state index in [4.69, 9.17) is 0 Å². The molecule has 6 heteroatoms. The minimum atomic E-state index is -3.25. The molecule has 0 amide bonds. The number of hydrogen-bond acceptors (Lipinski definition) is 5. The second-order valence-electron chi connectivity index (χ2n) is 4.47. The van der Waals surface area contributed by atoms with Crippen LogP contribution in [0.25, 0.3) is 0 Å². The zero-order chi connectivity index (χ0) is 15.2. The number of benzene rings is 1. The fraction of sp³-hybridized carbons (Fsp3) is 0.500. The Balaban J connectivity index is 2.83. The highest BCUT2D eigenvalue weighted by Gasteiger charge is 2.18. The molecule has 1 aromatic carbocycles. The smallest absolute Gasteiger partial charge is 0.305 e. The molecule has 112 valence electrons. The summed E-state index contributed by atoms with van der Waals surface area (Å²) in [6, 6.07) is 6.92. The van der Waals surface area contributed by atoms with Gasteiger partial charge in [0.1, 0.15) is 0 Å². The maximum Gasteiger partial charge on any atom is 0.305 e.